The van der Waals surface area contributed by atoms with Crippen LogP contribution in [-0.2, 0) is 39.3 Å². The van der Waals surface area contributed by atoms with Gasteiger partial charge in [0.25, 0.3) is 0 Å². The zero-order valence-electron chi connectivity index (χ0n) is 24.4. The number of anilines is 1. The van der Waals surface area contributed by atoms with Crippen LogP contribution in [0.2, 0.25) is 0 Å². The number of carbonyl (C=O) groups is 2. The SMILES string of the molecule is CCN(c1ccc(C(F)(F)F)cc1CN1C(=O)OC(c2cc(C(F)(F)F)cc(C(F)(F)F)c2)C1C)C1CCC(C(=O)OC)CC1. The average Bonchev–Trinajstić information content (AvgIpc) is 3.25. The fourth-order valence-electron chi connectivity index (χ4n) is 6.07. The van der Waals surface area contributed by atoms with Crippen LogP contribution in [0.1, 0.15) is 73.5 Å². The second kappa shape index (κ2) is 12.6. The van der Waals surface area contributed by atoms with Gasteiger partial charge in [0, 0.05) is 18.3 Å². The standard InChI is InChI=1S/C30H31F9N2O4/c1-4-40(23-8-5-17(6-9-23)26(42)44-3)24-10-7-20(28(31,32)33)13-19(24)15-41-16(2)25(45-27(41)43)18-11-21(29(34,35)36)14-22(12-18)30(37,38)39/h7,10-14,16-17,23,25H,4-6,8-9,15H2,1-3H3. The van der Waals surface area contributed by atoms with Gasteiger partial charge in [-0.25, -0.2) is 4.79 Å². The van der Waals surface area contributed by atoms with Crippen molar-refractivity contribution in [2.75, 3.05) is 18.6 Å². The molecule has 2 aromatic carbocycles. The summed E-state index contributed by atoms with van der Waals surface area (Å²) >= 11 is 0. The Labute approximate surface area is 253 Å². The van der Waals surface area contributed by atoms with Gasteiger partial charge in [-0.05, 0) is 87.1 Å². The van der Waals surface area contributed by atoms with Crippen molar-refractivity contribution in [3.05, 3.63) is 64.2 Å². The average molecular weight is 655 g/mol. The van der Waals surface area contributed by atoms with Crippen molar-refractivity contribution in [1.82, 2.24) is 4.90 Å². The molecular formula is C30H31F9N2O4. The van der Waals surface area contributed by atoms with E-state index in [9.17, 15) is 49.1 Å². The minimum Gasteiger partial charge on any atom is -0.469 e. The summed E-state index contributed by atoms with van der Waals surface area (Å²) in [7, 11) is 1.29. The first-order valence-corrected chi connectivity index (χ1v) is 14.2. The number of carbonyl (C=O) groups excluding carboxylic acids is 2. The molecule has 1 saturated heterocycles. The predicted molar refractivity (Wildman–Crippen MR) is 143 cm³/mol. The minimum absolute atomic E-state index is 0.0460. The molecule has 2 fully saturated rings. The van der Waals surface area contributed by atoms with E-state index in [-0.39, 0.29) is 29.6 Å². The van der Waals surface area contributed by atoms with Gasteiger partial charge in [-0.3, -0.25) is 9.69 Å². The zero-order chi connectivity index (χ0) is 33.5. The van der Waals surface area contributed by atoms with Crippen molar-refractivity contribution < 1.29 is 58.6 Å². The van der Waals surface area contributed by atoms with Crippen LogP contribution in [0.3, 0.4) is 0 Å². The highest BCUT2D eigenvalue weighted by Crippen LogP contribution is 2.42. The topological polar surface area (TPSA) is 59.1 Å². The molecule has 2 atom stereocenters. The van der Waals surface area contributed by atoms with Crippen molar-refractivity contribution in [3.63, 3.8) is 0 Å². The number of cyclic esters (lactones) is 1. The Hall–Kier alpha value is -3.65. The van der Waals surface area contributed by atoms with Crippen LogP contribution >= 0.6 is 0 Å². The van der Waals surface area contributed by atoms with Crippen LogP contribution in [-0.4, -0.2) is 42.7 Å². The molecule has 0 spiro atoms. The molecule has 0 radical (unpaired) electrons. The number of ether oxygens (including phenoxy) is 2. The first-order chi connectivity index (χ1) is 20.8. The molecule has 0 bridgehead atoms. The number of hydrogen-bond donors (Lipinski definition) is 0. The molecule has 2 aliphatic rings. The van der Waals surface area contributed by atoms with E-state index in [1.54, 1.807) is 6.92 Å². The van der Waals surface area contributed by atoms with Gasteiger partial charge in [0.05, 0.1) is 42.3 Å². The number of hydrogen-bond acceptors (Lipinski definition) is 5. The molecule has 2 unspecified atom stereocenters. The number of halogens is 9. The third kappa shape index (κ3) is 7.43. The second-order valence-electron chi connectivity index (χ2n) is 11.2. The van der Waals surface area contributed by atoms with Gasteiger partial charge >= 0.3 is 30.6 Å². The van der Waals surface area contributed by atoms with Crippen molar-refractivity contribution in [2.45, 2.75) is 82.8 Å². The van der Waals surface area contributed by atoms with E-state index in [1.165, 1.54) is 20.1 Å². The lowest BCUT2D eigenvalue weighted by atomic mass is 9.85. The Morgan fingerprint density at radius 3 is 1.93 bits per heavy atom. The number of nitrogens with zero attached hydrogens (tertiary/aromatic N) is 2. The van der Waals surface area contributed by atoms with Crippen LogP contribution < -0.4 is 4.90 Å². The molecule has 0 aromatic heterocycles. The maximum absolute atomic E-state index is 13.8. The molecule has 15 heteroatoms. The Balaban J connectivity index is 1.68. The van der Waals surface area contributed by atoms with Gasteiger partial charge < -0.3 is 14.4 Å². The van der Waals surface area contributed by atoms with E-state index in [0.717, 1.165) is 17.0 Å². The molecule has 1 saturated carbocycles. The summed E-state index contributed by atoms with van der Waals surface area (Å²) in [5.74, 6) is -0.645. The molecular weight excluding hydrogens is 623 g/mol. The normalized spacial score (nSPS) is 22.8. The van der Waals surface area contributed by atoms with Gasteiger partial charge in [0.15, 0.2) is 0 Å². The van der Waals surface area contributed by atoms with Gasteiger partial charge in [0.2, 0.25) is 0 Å². The number of alkyl halides is 9. The number of rotatable bonds is 7. The summed E-state index contributed by atoms with van der Waals surface area (Å²) < 4.78 is 132. The fraction of sp³-hybridized carbons (Fsp3) is 0.533. The largest absolute Gasteiger partial charge is 0.469 e. The van der Waals surface area contributed by atoms with E-state index >= 15 is 0 Å². The third-order valence-corrected chi connectivity index (χ3v) is 8.40. The Morgan fingerprint density at radius 1 is 0.889 bits per heavy atom. The summed E-state index contributed by atoms with van der Waals surface area (Å²) in [4.78, 5) is 27.8. The summed E-state index contributed by atoms with van der Waals surface area (Å²) in [6.45, 7) is 3.03. The smallest absolute Gasteiger partial charge is 0.416 e. The molecule has 1 aliphatic carbocycles. The number of amides is 1. The maximum Gasteiger partial charge on any atom is 0.416 e. The van der Waals surface area contributed by atoms with E-state index in [0.29, 0.717) is 50.0 Å². The molecule has 2 aromatic rings. The third-order valence-electron chi connectivity index (χ3n) is 8.40. The Morgan fingerprint density at radius 2 is 1.44 bits per heavy atom. The first-order valence-electron chi connectivity index (χ1n) is 14.2. The highest BCUT2D eigenvalue weighted by molar-refractivity contribution is 5.73. The summed E-state index contributed by atoms with van der Waals surface area (Å²) in [5.41, 5.74) is -4.30. The summed E-state index contributed by atoms with van der Waals surface area (Å²) in [6.07, 6.45) is -15.6. The van der Waals surface area contributed by atoms with Crippen molar-refractivity contribution in [1.29, 1.82) is 0 Å². The first kappa shape index (κ1) is 34.2. The zero-order valence-corrected chi connectivity index (χ0v) is 24.4. The van der Waals surface area contributed by atoms with E-state index in [2.05, 4.69) is 0 Å². The predicted octanol–water partition coefficient (Wildman–Crippen LogP) is 8.38. The minimum atomic E-state index is -5.13. The van der Waals surface area contributed by atoms with Gasteiger partial charge in [-0.2, -0.15) is 39.5 Å². The van der Waals surface area contributed by atoms with Crippen LogP contribution in [0.4, 0.5) is 50.0 Å². The second-order valence-corrected chi connectivity index (χ2v) is 11.2. The quantitative estimate of drug-likeness (QED) is 0.222. The van der Waals surface area contributed by atoms with Crippen LogP contribution in [0.25, 0.3) is 0 Å². The van der Waals surface area contributed by atoms with Crippen molar-refractivity contribution >= 4 is 17.7 Å². The molecule has 248 valence electrons. The van der Waals surface area contributed by atoms with Crippen molar-refractivity contribution in [3.8, 4) is 0 Å². The number of methoxy groups -OCH3 is 1. The molecule has 45 heavy (non-hydrogen) atoms. The summed E-state index contributed by atoms with van der Waals surface area (Å²) in [5, 5.41) is 0. The monoisotopic (exact) mass is 654 g/mol. The van der Waals surface area contributed by atoms with Gasteiger partial charge in [-0.15, -0.1) is 0 Å². The van der Waals surface area contributed by atoms with Crippen molar-refractivity contribution in [2.24, 2.45) is 5.92 Å². The van der Waals surface area contributed by atoms with Gasteiger partial charge in [-0.1, -0.05) is 0 Å². The highest BCUT2D eigenvalue weighted by Gasteiger charge is 2.44. The number of benzene rings is 2. The lowest BCUT2D eigenvalue weighted by molar-refractivity contribution is -0.147. The molecule has 0 N–H and O–H groups in total. The van der Waals surface area contributed by atoms with Crippen LogP contribution in [0.5, 0.6) is 0 Å². The van der Waals surface area contributed by atoms with E-state index in [1.807, 2.05) is 4.90 Å². The van der Waals surface area contributed by atoms with Crippen LogP contribution in [0, 0.1) is 5.92 Å². The van der Waals surface area contributed by atoms with E-state index < -0.39 is 65.6 Å². The molecule has 1 amide bonds. The van der Waals surface area contributed by atoms with E-state index in [4.69, 9.17) is 9.47 Å². The Kier molecular flexibility index (Phi) is 9.60. The molecule has 6 nitrogen and oxygen atoms in total. The lowest BCUT2D eigenvalue weighted by Crippen LogP contribution is -2.40. The molecule has 1 heterocycles. The maximum atomic E-state index is 13.8. The van der Waals surface area contributed by atoms with Crippen LogP contribution in [0.15, 0.2) is 36.4 Å². The molecule has 4 rings (SSSR count). The lowest BCUT2D eigenvalue weighted by Gasteiger charge is -2.38. The Bertz CT molecular complexity index is 1370. The van der Waals surface area contributed by atoms with Gasteiger partial charge in [0.1, 0.15) is 6.10 Å². The summed E-state index contributed by atoms with van der Waals surface area (Å²) in [6, 6.07) is 2.63. The number of esters is 1. The highest BCUT2D eigenvalue weighted by atomic mass is 19.4. The molecule has 1 aliphatic heterocycles. The fourth-order valence-corrected chi connectivity index (χ4v) is 6.07.